The number of anilines is 1. The number of hydrogen-bond acceptors (Lipinski definition) is 2. The number of benzene rings is 1. The summed E-state index contributed by atoms with van der Waals surface area (Å²) in [5.74, 6) is 0.207. The number of piperidine rings is 1. The van der Waals surface area contributed by atoms with Crippen LogP contribution < -0.4 is 4.90 Å². The highest BCUT2D eigenvalue weighted by atomic mass is 15.1. The largest absolute Gasteiger partial charge is 0.370 e. The minimum absolute atomic E-state index is 0.207. The van der Waals surface area contributed by atoms with Gasteiger partial charge in [0.2, 0.25) is 0 Å². The summed E-state index contributed by atoms with van der Waals surface area (Å²) < 4.78 is 0. The van der Waals surface area contributed by atoms with Crippen molar-refractivity contribution in [3.8, 4) is 6.07 Å². The first-order chi connectivity index (χ1) is 7.31. The molecule has 1 saturated heterocycles. The Labute approximate surface area is 91.1 Å². The Morgan fingerprint density at radius 3 is 2.93 bits per heavy atom. The molecule has 0 bridgehead atoms. The molecule has 2 heteroatoms. The first kappa shape index (κ1) is 10.0. The van der Waals surface area contributed by atoms with Gasteiger partial charge in [-0.25, -0.2) is 0 Å². The van der Waals surface area contributed by atoms with E-state index in [1.54, 1.807) is 0 Å². The summed E-state index contributed by atoms with van der Waals surface area (Å²) in [5, 5.41) is 8.95. The fourth-order valence-corrected chi connectivity index (χ4v) is 2.22. The monoisotopic (exact) mass is 200 g/mol. The SMILES string of the molecule is Cc1ccccc1N1CCCC(C#N)C1. The van der Waals surface area contributed by atoms with Crippen LogP contribution >= 0.6 is 0 Å². The molecule has 0 aromatic heterocycles. The van der Waals surface area contributed by atoms with Gasteiger partial charge in [0, 0.05) is 18.8 Å². The van der Waals surface area contributed by atoms with Crippen molar-refractivity contribution >= 4 is 5.69 Å². The molecular weight excluding hydrogens is 184 g/mol. The zero-order chi connectivity index (χ0) is 10.7. The highest BCUT2D eigenvalue weighted by Gasteiger charge is 2.20. The van der Waals surface area contributed by atoms with E-state index in [-0.39, 0.29) is 5.92 Å². The zero-order valence-corrected chi connectivity index (χ0v) is 9.11. The molecule has 1 aliphatic rings. The van der Waals surface area contributed by atoms with Crippen LogP contribution in [0.2, 0.25) is 0 Å². The Morgan fingerprint density at radius 2 is 2.20 bits per heavy atom. The average Bonchev–Trinajstić information content (AvgIpc) is 2.30. The average molecular weight is 200 g/mol. The van der Waals surface area contributed by atoms with Gasteiger partial charge in [-0.15, -0.1) is 0 Å². The lowest BCUT2D eigenvalue weighted by atomic mass is 9.98. The van der Waals surface area contributed by atoms with Crippen molar-refractivity contribution in [2.75, 3.05) is 18.0 Å². The van der Waals surface area contributed by atoms with Gasteiger partial charge >= 0.3 is 0 Å². The Balaban J connectivity index is 2.18. The highest BCUT2D eigenvalue weighted by Crippen LogP contribution is 2.25. The van der Waals surface area contributed by atoms with Gasteiger partial charge in [0.05, 0.1) is 12.0 Å². The summed E-state index contributed by atoms with van der Waals surface area (Å²) >= 11 is 0. The number of para-hydroxylation sites is 1. The maximum absolute atomic E-state index is 8.95. The first-order valence-electron chi connectivity index (χ1n) is 5.51. The Morgan fingerprint density at radius 1 is 1.40 bits per heavy atom. The van der Waals surface area contributed by atoms with Crippen molar-refractivity contribution in [2.24, 2.45) is 5.92 Å². The van der Waals surface area contributed by atoms with Gasteiger partial charge in [-0.2, -0.15) is 5.26 Å². The molecule has 1 aromatic rings. The van der Waals surface area contributed by atoms with E-state index in [1.807, 2.05) is 0 Å². The molecular formula is C13H16N2. The predicted octanol–water partition coefficient (Wildman–Crippen LogP) is 2.74. The van der Waals surface area contributed by atoms with Crippen LogP contribution in [0.25, 0.3) is 0 Å². The standard InChI is InChI=1S/C13H16N2/c1-11-5-2-3-7-13(11)15-8-4-6-12(9-14)10-15/h2-3,5,7,12H,4,6,8,10H2,1H3. The molecule has 1 aromatic carbocycles. The maximum atomic E-state index is 8.95. The lowest BCUT2D eigenvalue weighted by Crippen LogP contribution is -2.35. The topological polar surface area (TPSA) is 27.0 Å². The zero-order valence-electron chi connectivity index (χ0n) is 9.11. The number of rotatable bonds is 1. The normalized spacial score (nSPS) is 21.1. The summed E-state index contributed by atoms with van der Waals surface area (Å²) in [6, 6.07) is 10.8. The molecule has 1 fully saturated rings. The quantitative estimate of drug-likeness (QED) is 0.697. The van der Waals surface area contributed by atoms with E-state index in [9.17, 15) is 0 Å². The number of nitriles is 1. The van der Waals surface area contributed by atoms with E-state index >= 15 is 0 Å². The van der Waals surface area contributed by atoms with Gasteiger partial charge in [-0.3, -0.25) is 0 Å². The van der Waals surface area contributed by atoms with Crippen molar-refractivity contribution in [1.82, 2.24) is 0 Å². The number of hydrogen-bond donors (Lipinski definition) is 0. The van der Waals surface area contributed by atoms with Gasteiger partial charge in [0.15, 0.2) is 0 Å². The molecule has 2 nitrogen and oxygen atoms in total. The Kier molecular flexibility index (Phi) is 2.91. The van der Waals surface area contributed by atoms with E-state index < -0.39 is 0 Å². The molecule has 2 rings (SSSR count). The Bertz CT molecular complexity index is 378. The van der Waals surface area contributed by atoms with Gasteiger partial charge in [-0.05, 0) is 31.4 Å². The third-order valence-electron chi connectivity index (χ3n) is 3.06. The van der Waals surface area contributed by atoms with Gasteiger partial charge in [0.1, 0.15) is 0 Å². The Hall–Kier alpha value is -1.49. The fourth-order valence-electron chi connectivity index (χ4n) is 2.22. The third-order valence-corrected chi connectivity index (χ3v) is 3.06. The van der Waals surface area contributed by atoms with E-state index in [0.717, 1.165) is 25.9 Å². The molecule has 15 heavy (non-hydrogen) atoms. The second kappa shape index (κ2) is 4.35. The molecule has 78 valence electrons. The molecule has 1 unspecified atom stereocenters. The molecule has 0 saturated carbocycles. The summed E-state index contributed by atoms with van der Waals surface area (Å²) in [4.78, 5) is 2.34. The molecule has 0 amide bonds. The van der Waals surface area contributed by atoms with Gasteiger partial charge < -0.3 is 4.90 Å². The van der Waals surface area contributed by atoms with Crippen LogP contribution in [0.4, 0.5) is 5.69 Å². The summed E-state index contributed by atoms with van der Waals surface area (Å²) in [7, 11) is 0. The molecule has 1 heterocycles. The van der Waals surface area contributed by atoms with Crippen LogP contribution in [-0.2, 0) is 0 Å². The first-order valence-corrected chi connectivity index (χ1v) is 5.51. The molecule has 0 radical (unpaired) electrons. The second-order valence-electron chi connectivity index (χ2n) is 4.20. The minimum atomic E-state index is 0.207. The van der Waals surface area contributed by atoms with Crippen molar-refractivity contribution in [3.63, 3.8) is 0 Å². The van der Waals surface area contributed by atoms with Crippen LogP contribution in [0.15, 0.2) is 24.3 Å². The smallest absolute Gasteiger partial charge is 0.0674 e. The lowest BCUT2D eigenvalue weighted by Gasteiger charge is -2.32. The van der Waals surface area contributed by atoms with Crippen molar-refractivity contribution in [1.29, 1.82) is 5.26 Å². The number of nitrogens with zero attached hydrogens (tertiary/aromatic N) is 2. The van der Waals surface area contributed by atoms with Crippen molar-refractivity contribution < 1.29 is 0 Å². The van der Waals surface area contributed by atoms with Gasteiger partial charge in [0.25, 0.3) is 0 Å². The molecule has 0 N–H and O–H groups in total. The number of aryl methyl sites for hydroxylation is 1. The van der Waals surface area contributed by atoms with Crippen LogP contribution in [0, 0.1) is 24.2 Å². The molecule has 0 aliphatic carbocycles. The van der Waals surface area contributed by atoms with Crippen LogP contribution in [-0.4, -0.2) is 13.1 Å². The van der Waals surface area contributed by atoms with Crippen LogP contribution in [0.3, 0.4) is 0 Å². The third kappa shape index (κ3) is 2.12. The van der Waals surface area contributed by atoms with Gasteiger partial charge in [-0.1, -0.05) is 18.2 Å². The van der Waals surface area contributed by atoms with E-state index in [2.05, 4.69) is 42.2 Å². The van der Waals surface area contributed by atoms with Crippen molar-refractivity contribution in [2.45, 2.75) is 19.8 Å². The summed E-state index contributed by atoms with van der Waals surface area (Å²) in [6.07, 6.45) is 2.19. The highest BCUT2D eigenvalue weighted by molar-refractivity contribution is 5.53. The summed E-state index contributed by atoms with van der Waals surface area (Å²) in [6.45, 7) is 4.11. The fraction of sp³-hybridized carbons (Fsp3) is 0.462. The maximum Gasteiger partial charge on any atom is 0.0674 e. The lowest BCUT2D eigenvalue weighted by molar-refractivity contribution is 0.493. The predicted molar refractivity (Wildman–Crippen MR) is 61.7 cm³/mol. The van der Waals surface area contributed by atoms with Crippen LogP contribution in [0.5, 0.6) is 0 Å². The molecule has 0 spiro atoms. The molecule has 1 atom stereocenters. The van der Waals surface area contributed by atoms with E-state index in [1.165, 1.54) is 11.3 Å². The minimum Gasteiger partial charge on any atom is -0.370 e. The van der Waals surface area contributed by atoms with E-state index in [4.69, 9.17) is 5.26 Å². The summed E-state index contributed by atoms with van der Waals surface area (Å²) in [5.41, 5.74) is 2.59. The van der Waals surface area contributed by atoms with E-state index in [0.29, 0.717) is 0 Å². The molecule has 1 aliphatic heterocycles. The van der Waals surface area contributed by atoms with Crippen molar-refractivity contribution in [3.05, 3.63) is 29.8 Å². The second-order valence-corrected chi connectivity index (χ2v) is 4.20. The van der Waals surface area contributed by atoms with Crippen LogP contribution in [0.1, 0.15) is 18.4 Å².